The standard InChI is InChI=1S/C30H37F3N4O3S/c1-16-12-25(41-4)23(28(38)35-16)13-34-29(39)26-18(3)37(27-22(26)6-5-7-24(27)31)17(2)19-8-10-20(11-9-19)36-14-21(15-36)40-30(32)33/h5-7,12,17,19-21,30H,8-11,13-15H2,1-4H3,(H,34,39)(H,35,38). The summed E-state index contributed by atoms with van der Waals surface area (Å²) in [5, 5.41) is 3.46. The molecule has 2 aliphatic rings. The Morgan fingerprint density at radius 1 is 1.20 bits per heavy atom. The molecule has 1 aliphatic carbocycles. The summed E-state index contributed by atoms with van der Waals surface area (Å²) in [6.07, 6.45) is 5.21. The summed E-state index contributed by atoms with van der Waals surface area (Å²) >= 11 is 1.45. The number of halogens is 3. The van der Waals surface area contributed by atoms with Gasteiger partial charge in [0.2, 0.25) is 0 Å². The molecule has 0 spiro atoms. The second kappa shape index (κ2) is 12.2. The summed E-state index contributed by atoms with van der Waals surface area (Å²) in [7, 11) is 0. The number of aromatic amines is 1. The molecule has 222 valence electrons. The zero-order valence-electron chi connectivity index (χ0n) is 23.8. The molecule has 1 atom stereocenters. The number of amides is 1. The lowest BCUT2D eigenvalue weighted by Crippen LogP contribution is -2.57. The van der Waals surface area contributed by atoms with Crippen molar-refractivity contribution in [1.29, 1.82) is 0 Å². The van der Waals surface area contributed by atoms with Crippen LogP contribution >= 0.6 is 11.8 Å². The largest absolute Gasteiger partial charge is 0.348 e. The normalized spacial score (nSPS) is 20.9. The fourth-order valence-corrected chi connectivity index (χ4v) is 7.40. The quantitative estimate of drug-likeness (QED) is 0.309. The maximum Gasteiger partial charge on any atom is 0.345 e. The van der Waals surface area contributed by atoms with Gasteiger partial charge in [0.05, 0.1) is 17.2 Å². The van der Waals surface area contributed by atoms with E-state index in [9.17, 15) is 18.4 Å². The van der Waals surface area contributed by atoms with Crippen LogP contribution in [-0.2, 0) is 11.3 Å². The number of aryl methyl sites for hydroxylation is 1. The number of carbonyl (C=O) groups excluding carboxylic acids is 1. The molecular formula is C30H37F3N4O3S. The molecule has 3 aromatic rings. The maximum absolute atomic E-state index is 15.3. The maximum atomic E-state index is 15.3. The van der Waals surface area contributed by atoms with Gasteiger partial charge in [0, 0.05) is 59.0 Å². The molecule has 2 aromatic heterocycles. The third kappa shape index (κ3) is 5.94. The van der Waals surface area contributed by atoms with Crippen LogP contribution < -0.4 is 10.9 Å². The Hall–Kier alpha value is -2.76. The fourth-order valence-electron chi connectivity index (χ4n) is 6.69. The number of aromatic nitrogens is 2. The van der Waals surface area contributed by atoms with E-state index in [-0.39, 0.29) is 35.8 Å². The number of benzene rings is 1. The number of likely N-dealkylation sites (tertiary alicyclic amines) is 1. The minimum Gasteiger partial charge on any atom is -0.348 e. The van der Waals surface area contributed by atoms with Crippen LogP contribution in [0.2, 0.25) is 0 Å². The highest BCUT2D eigenvalue weighted by Crippen LogP contribution is 2.40. The van der Waals surface area contributed by atoms with Crippen LogP contribution in [0.1, 0.15) is 66.0 Å². The van der Waals surface area contributed by atoms with Crippen LogP contribution in [0.3, 0.4) is 0 Å². The summed E-state index contributed by atoms with van der Waals surface area (Å²) in [6.45, 7) is 4.15. The van der Waals surface area contributed by atoms with E-state index in [1.54, 1.807) is 12.1 Å². The van der Waals surface area contributed by atoms with E-state index in [0.717, 1.165) is 36.3 Å². The van der Waals surface area contributed by atoms with Gasteiger partial charge in [-0.1, -0.05) is 12.1 Å². The minimum absolute atomic E-state index is 0.0498. The number of ether oxygens (including phenoxy) is 1. The number of hydrogen-bond acceptors (Lipinski definition) is 5. The molecule has 1 saturated carbocycles. The molecule has 1 aliphatic heterocycles. The zero-order chi connectivity index (χ0) is 29.4. The molecule has 2 fully saturated rings. The number of pyridine rings is 1. The van der Waals surface area contributed by atoms with Crippen molar-refractivity contribution in [3.8, 4) is 0 Å². The highest BCUT2D eigenvalue weighted by atomic mass is 32.2. The van der Waals surface area contributed by atoms with Crippen molar-refractivity contribution in [3.63, 3.8) is 0 Å². The van der Waals surface area contributed by atoms with Crippen molar-refractivity contribution in [2.75, 3.05) is 19.3 Å². The Labute approximate surface area is 241 Å². The molecule has 11 heteroatoms. The molecule has 0 bridgehead atoms. The van der Waals surface area contributed by atoms with Crippen molar-refractivity contribution >= 4 is 28.6 Å². The Balaban J connectivity index is 1.34. The van der Waals surface area contributed by atoms with Crippen LogP contribution in [0, 0.1) is 25.6 Å². The van der Waals surface area contributed by atoms with Gasteiger partial charge in [0.1, 0.15) is 5.82 Å². The molecule has 1 amide bonds. The first-order valence-corrected chi connectivity index (χ1v) is 15.3. The first-order chi connectivity index (χ1) is 19.6. The van der Waals surface area contributed by atoms with E-state index in [0.29, 0.717) is 46.9 Å². The van der Waals surface area contributed by atoms with Gasteiger partial charge < -0.3 is 19.6 Å². The van der Waals surface area contributed by atoms with Crippen molar-refractivity contribution in [2.45, 2.75) is 82.7 Å². The summed E-state index contributed by atoms with van der Waals surface area (Å²) in [4.78, 5) is 32.0. The minimum atomic E-state index is -2.73. The summed E-state index contributed by atoms with van der Waals surface area (Å²) in [5.41, 5.74) is 2.52. The van der Waals surface area contributed by atoms with E-state index >= 15 is 4.39 Å². The second-order valence-corrected chi connectivity index (χ2v) is 12.1. The van der Waals surface area contributed by atoms with Gasteiger partial charge in [-0.15, -0.1) is 11.8 Å². The predicted molar refractivity (Wildman–Crippen MR) is 154 cm³/mol. The number of fused-ring (bicyclic) bond motifs is 1. The average Bonchev–Trinajstić information content (AvgIpc) is 3.22. The lowest BCUT2D eigenvalue weighted by Gasteiger charge is -2.46. The number of H-pyrrole nitrogens is 1. The molecule has 1 saturated heterocycles. The van der Waals surface area contributed by atoms with Crippen LogP contribution in [0.4, 0.5) is 13.2 Å². The Morgan fingerprint density at radius 2 is 1.90 bits per heavy atom. The van der Waals surface area contributed by atoms with Gasteiger partial charge in [-0.05, 0) is 70.8 Å². The van der Waals surface area contributed by atoms with Gasteiger partial charge in [-0.3, -0.25) is 14.5 Å². The van der Waals surface area contributed by atoms with Crippen LogP contribution in [0.15, 0.2) is 34.0 Å². The highest BCUT2D eigenvalue weighted by molar-refractivity contribution is 7.98. The topological polar surface area (TPSA) is 79.4 Å². The summed E-state index contributed by atoms with van der Waals surface area (Å²) in [5.74, 6) is -0.450. The van der Waals surface area contributed by atoms with Crippen molar-refractivity contribution in [1.82, 2.24) is 19.8 Å². The Morgan fingerprint density at radius 3 is 2.56 bits per heavy atom. The third-order valence-corrected chi connectivity index (χ3v) is 9.65. The van der Waals surface area contributed by atoms with Crippen LogP contribution in [0.25, 0.3) is 10.9 Å². The molecule has 2 N–H and O–H groups in total. The van der Waals surface area contributed by atoms with Gasteiger partial charge >= 0.3 is 6.61 Å². The van der Waals surface area contributed by atoms with Gasteiger partial charge in [-0.25, -0.2) is 4.39 Å². The van der Waals surface area contributed by atoms with E-state index in [1.807, 2.05) is 30.7 Å². The first-order valence-electron chi connectivity index (χ1n) is 14.1. The van der Waals surface area contributed by atoms with Crippen LogP contribution in [0.5, 0.6) is 0 Å². The van der Waals surface area contributed by atoms with Crippen molar-refractivity contribution < 1.29 is 22.7 Å². The number of carbonyl (C=O) groups is 1. The molecular weight excluding hydrogens is 553 g/mol. The first kappa shape index (κ1) is 29.7. The van der Waals surface area contributed by atoms with E-state index < -0.39 is 12.7 Å². The van der Waals surface area contributed by atoms with Crippen molar-refractivity contribution in [3.05, 3.63) is 63.0 Å². The van der Waals surface area contributed by atoms with Gasteiger partial charge in [0.15, 0.2) is 0 Å². The Bertz CT molecular complexity index is 1480. The molecule has 7 nitrogen and oxygen atoms in total. The third-order valence-electron chi connectivity index (χ3n) is 8.84. The molecule has 0 radical (unpaired) electrons. The summed E-state index contributed by atoms with van der Waals surface area (Å²) < 4.78 is 46.9. The predicted octanol–water partition coefficient (Wildman–Crippen LogP) is 5.78. The van der Waals surface area contributed by atoms with E-state index in [4.69, 9.17) is 0 Å². The fraction of sp³-hybridized carbons (Fsp3) is 0.533. The SMILES string of the molecule is CSc1cc(C)[nH]c(=O)c1CNC(=O)c1c(C)n(C(C)C2CCC(N3CC(OC(F)F)C3)CC2)c2c(F)cccc12. The van der Waals surface area contributed by atoms with Gasteiger partial charge in [-0.2, -0.15) is 8.78 Å². The van der Waals surface area contributed by atoms with Crippen molar-refractivity contribution in [2.24, 2.45) is 5.92 Å². The molecule has 41 heavy (non-hydrogen) atoms. The van der Waals surface area contributed by atoms with Crippen LogP contribution in [-0.4, -0.2) is 58.5 Å². The lowest BCUT2D eigenvalue weighted by molar-refractivity contribution is -0.202. The van der Waals surface area contributed by atoms with Gasteiger partial charge in [0.25, 0.3) is 11.5 Å². The second-order valence-electron chi connectivity index (χ2n) is 11.3. The average molecular weight is 591 g/mol. The smallest absolute Gasteiger partial charge is 0.345 e. The number of alkyl halides is 2. The summed E-state index contributed by atoms with van der Waals surface area (Å²) in [6, 6.07) is 6.98. The lowest BCUT2D eigenvalue weighted by atomic mass is 9.80. The molecule has 3 heterocycles. The number of thioether (sulfide) groups is 1. The molecule has 1 aromatic carbocycles. The number of para-hydroxylation sites is 1. The monoisotopic (exact) mass is 590 g/mol. The zero-order valence-corrected chi connectivity index (χ0v) is 24.6. The number of rotatable bonds is 9. The van der Waals surface area contributed by atoms with E-state index in [2.05, 4.69) is 26.9 Å². The molecule has 5 rings (SSSR count). The number of nitrogens with one attached hydrogen (secondary N) is 2. The Kier molecular flexibility index (Phi) is 8.87. The number of hydrogen-bond donors (Lipinski definition) is 2. The highest BCUT2D eigenvalue weighted by Gasteiger charge is 2.38. The number of nitrogens with zero attached hydrogens (tertiary/aromatic N) is 2. The van der Waals surface area contributed by atoms with E-state index in [1.165, 1.54) is 17.8 Å². The molecule has 1 unspecified atom stereocenters.